The van der Waals surface area contributed by atoms with E-state index in [-0.39, 0.29) is 5.91 Å². The molecule has 0 aliphatic carbocycles. The number of nitrogen functional groups attached to an aromatic ring is 1. The Bertz CT molecular complexity index is 438. The highest BCUT2D eigenvalue weighted by Gasteiger charge is 2.05. The maximum Gasteiger partial charge on any atom is 0.251 e. The van der Waals surface area contributed by atoms with Crippen molar-refractivity contribution in [1.29, 1.82) is 0 Å². The van der Waals surface area contributed by atoms with Crippen molar-refractivity contribution < 1.29 is 4.79 Å². The highest BCUT2D eigenvalue weighted by Crippen LogP contribution is 2.12. The minimum Gasteiger partial charge on any atom is -0.399 e. The second-order valence-electron chi connectivity index (χ2n) is 3.58. The van der Waals surface area contributed by atoms with E-state index in [2.05, 4.69) is 11.2 Å². The number of nitrogens with two attached hydrogens (primary N) is 1. The van der Waals surface area contributed by atoms with Crippen molar-refractivity contribution in [2.45, 2.75) is 6.92 Å². The molecule has 1 amide bonds. The number of benzene rings is 1. The lowest BCUT2D eigenvalue weighted by molar-refractivity contribution is 0.0956. The Balaban J connectivity index is 2.42. The number of thioether (sulfide) groups is 1. The molecule has 1 aromatic rings. The number of terminal acetylenes is 1. The van der Waals surface area contributed by atoms with E-state index in [4.69, 9.17) is 12.2 Å². The summed E-state index contributed by atoms with van der Waals surface area (Å²) in [5.41, 5.74) is 7.94. The third-order valence-electron chi connectivity index (χ3n) is 2.25. The third-order valence-corrected chi connectivity index (χ3v) is 3.11. The first kappa shape index (κ1) is 13.5. The van der Waals surface area contributed by atoms with Crippen LogP contribution < -0.4 is 11.1 Å². The molecule has 0 heterocycles. The van der Waals surface area contributed by atoms with Gasteiger partial charge in [0.2, 0.25) is 0 Å². The van der Waals surface area contributed by atoms with Crippen molar-refractivity contribution >= 4 is 23.4 Å². The van der Waals surface area contributed by atoms with Gasteiger partial charge in [0.15, 0.2) is 0 Å². The van der Waals surface area contributed by atoms with E-state index in [1.165, 1.54) is 0 Å². The van der Waals surface area contributed by atoms with Gasteiger partial charge in [-0.25, -0.2) is 0 Å². The Labute approximate surface area is 106 Å². The van der Waals surface area contributed by atoms with E-state index in [1.54, 1.807) is 30.0 Å². The average molecular weight is 248 g/mol. The predicted molar refractivity (Wildman–Crippen MR) is 74.1 cm³/mol. The summed E-state index contributed by atoms with van der Waals surface area (Å²) in [6.07, 6.45) is 5.12. The molecule has 0 saturated heterocycles. The molecule has 1 rings (SSSR count). The predicted octanol–water partition coefficient (Wildman–Crippen LogP) is 1.67. The van der Waals surface area contributed by atoms with Crippen molar-refractivity contribution in [3.05, 3.63) is 29.3 Å². The van der Waals surface area contributed by atoms with Gasteiger partial charge in [-0.1, -0.05) is 5.92 Å². The zero-order valence-electron chi connectivity index (χ0n) is 9.82. The van der Waals surface area contributed by atoms with E-state index in [1.807, 2.05) is 6.92 Å². The fourth-order valence-corrected chi connectivity index (χ4v) is 1.80. The van der Waals surface area contributed by atoms with E-state index in [0.717, 1.165) is 11.3 Å². The standard InChI is InChI=1S/C13H16N2OS/c1-3-7-17-8-6-15-13(16)11-4-5-12(14)10(2)9-11/h1,4-5,9H,6-8,14H2,2H3,(H,15,16). The summed E-state index contributed by atoms with van der Waals surface area (Å²) in [6.45, 7) is 2.50. The van der Waals surface area contributed by atoms with Crippen LogP contribution in [0.2, 0.25) is 0 Å². The highest BCUT2D eigenvalue weighted by atomic mass is 32.2. The Morgan fingerprint density at radius 1 is 1.59 bits per heavy atom. The van der Waals surface area contributed by atoms with Gasteiger partial charge in [0.1, 0.15) is 0 Å². The number of hydrogen-bond acceptors (Lipinski definition) is 3. The molecule has 3 N–H and O–H groups in total. The molecule has 0 spiro atoms. The second kappa shape index (κ2) is 6.87. The van der Waals surface area contributed by atoms with Crippen LogP contribution in [0.5, 0.6) is 0 Å². The number of rotatable bonds is 5. The maximum atomic E-state index is 11.7. The van der Waals surface area contributed by atoms with Crippen molar-refractivity contribution in [3.63, 3.8) is 0 Å². The largest absolute Gasteiger partial charge is 0.399 e. The summed E-state index contributed by atoms with van der Waals surface area (Å²) in [5.74, 6) is 3.96. The second-order valence-corrected chi connectivity index (χ2v) is 4.69. The lowest BCUT2D eigenvalue weighted by atomic mass is 10.1. The van der Waals surface area contributed by atoms with E-state index < -0.39 is 0 Å². The Morgan fingerprint density at radius 3 is 3.00 bits per heavy atom. The molecule has 0 atom stereocenters. The molecule has 17 heavy (non-hydrogen) atoms. The van der Waals surface area contributed by atoms with Crippen LogP contribution in [0.25, 0.3) is 0 Å². The molecule has 4 heteroatoms. The van der Waals surface area contributed by atoms with Gasteiger partial charge in [-0.05, 0) is 30.7 Å². The lowest BCUT2D eigenvalue weighted by Crippen LogP contribution is -2.25. The van der Waals surface area contributed by atoms with Crippen LogP contribution in [0.3, 0.4) is 0 Å². The molecule has 0 aliphatic rings. The summed E-state index contributed by atoms with van der Waals surface area (Å²) in [4.78, 5) is 11.7. The number of carbonyl (C=O) groups excluding carboxylic acids is 1. The normalized spacial score (nSPS) is 9.65. The molecule has 0 aliphatic heterocycles. The van der Waals surface area contributed by atoms with Gasteiger partial charge in [-0.2, -0.15) is 0 Å². The molecule has 0 unspecified atom stereocenters. The summed E-state index contributed by atoms with van der Waals surface area (Å²) in [7, 11) is 0. The molecular formula is C13H16N2OS. The van der Waals surface area contributed by atoms with Crippen LogP contribution in [0.1, 0.15) is 15.9 Å². The molecule has 0 saturated carbocycles. The molecule has 90 valence electrons. The molecule has 3 nitrogen and oxygen atoms in total. The van der Waals surface area contributed by atoms with Crippen LogP contribution in [-0.4, -0.2) is 24.0 Å². The molecule has 0 fully saturated rings. The van der Waals surface area contributed by atoms with Gasteiger partial charge in [0, 0.05) is 23.5 Å². The first-order valence-electron chi connectivity index (χ1n) is 5.30. The van der Waals surface area contributed by atoms with E-state index >= 15 is 0 Å². The summed E-state index contributed by atoms with van der Waals surface area (Å²) in [5, 5.41) is 2.84. The van der Waals surface area contributed by atoms with Gasteiger partial charge < -0.3 is 11.1 Å². The quantitative estimate of drug-likeness (QED) is 0.473. The first-order chi connectivity index (χ1) is 8.15. The summed E-state index contributed by atoms with van der Waals surface area (Å²) < 4.78 is 0. The Kier molecular flexibility index (Phi) is 5.44. The van der Waals surface area contributed by atoms with Crippen molar-refractivity contribution in [2.24, 2.45) is 0 Å². The molecular weight excluding hydrogens is 232 g/mol. The number of amides is 1. The number of nitrogens with one attached hydrogen (secondary N) is 1. The average Bonchev–Trinajstić information content (AvgIpc) is 2.32. The first-order valence-corrected chi connectivity index (χ1v) is 6.46. The van der Waals surface area contributed by atoms with Crippen LogP contribution in [-0.2, 0) is 0 Å². The van der Waals surface area contributed by atoms with Crippen LogP contribution >= 0.6 is 11.8 Å². The fraction of sp³-hybridized carbons (Fsp3) is 0.308. The minimum atomic E-state index is -0.0746. The van der Waals surface area contributed by atoms with Gasteiger partial charge in [0.25, 0.3) is 5.91 Å². The number of aryl methyl sites for hydroxylation is 1. The van der Waals surface area contributed by atoms with Gasteiger partial charge in [-0.15, -0.1) is 18.2 Å². The minimum absolute atomic E-state index is 0.0746. The van der Waals surface area contributed by atoms with Crippen molar-refractivity contribution in [3.8, 4) is 12.3 Å². The summed E-state index contributed by atoms with van der Waals surface area (Å²) in [6, 6.07) is 5.27. The summed E-state index contributed by atoms with van der Waals surface area (Å²) >= 11 is 1.63. The maximum absolute atomic E-state index is 11.7. The van der Waals surface area contributed by atoms with Gasteiger partial charge >= 0.3 is 0 Å². The van der Waals surface area contributed by atoms with Crippen LogP contribution in [0.15, 0.2) is 18.2 Å². The lowest BCUT2D eigenvalue weighted by Gasteiger charge is -2.06. The molecule has 1 aromatic carbocycles. The van der Waals surface area contributed by atoms with Crippen LogP contribution in [0.4, 0.5) is 5.69 Å². The van der Waals surface area contributed by atoms with Crippen molar-refractivity contribution in [1.82, 2.24) is 5.32 Å². The SMILES string of the molecule is C#CCSCCNC(=O)c1ccc(N)c(C)c1. The Morgan fingerprint density at radius 2 is 2.35 bits per heavy atom. The molecule has 0 bridgehead atoms. The van der Waals surface area contributed by atoms with Crippen molar-refractivity contribution in [2.75, 3.05) is 23.8 Å². The van der Waals surface area contributed by atoms with E-state index in [0.29, 0.717) is 23.5 Å². The topological polar surface area (TPSA) is 55.1 Å². The monoisotopic (exact) mass is 248 g/mol. The van der Waals surface area contributed by atoms with Crippen LogP contribution in [0, 0.1) is 19.3 Å². The van der Waals surface area contributed by atoms with Gasteiger partial charge in [-0.3, -0.25) is 4.79 Å². The zero-order chi connectivity index (χ0) is 12.7. The highest BCUT2D eigenvalue weighted by molar-refractivity contribution is 7.99. The van der Waals surface area contributed by atoms with E-state index in [9.17, 15) is 4.79 Å². The number of anilines is 1. The zero-order valence-corrected chi connectivity index (χ0v) is 10.6. The number of hydrogen-bond donors (Lipinski definition) is 2. The molecule has 0 aromatic heterocycles. The van der Waals surface area contributed by atoms with Gasteiger partial charge in [0.05, 0.1) is 5.75 Å². The third kappa shape index (κ3) is 4.41. The number of carbonyl (C=O) groups is 1. The fourth-order valence-electron chi connectivity index (χ4n) is 1.29. The molecule has 0 radical (unpaired) electrons. The Hall–Kier alpha value is -1.60. The smallest absolute Gasteiger partial charge is 0.251 e.